The number of amides is 7. The summed E-state index contributed by atoms with van der Waals surface area (Å²) in [5.74, 6) is -2.69. The van der Waals surface area contributed by atoms with Gasteiger partial charge >= 0.3 is 0 Å². The van der Waals surface area contributed by atoms with Gasteiger partial charge in [-0.05, 0) is 115 Å². The number of halogens is 1. The molecule has 0 radical (unpaired) electrons. The lowest BCUT2D eigenvalue weighted by Gasteiger charge is -2.43. The van der Waals surface area contributed by atoms with Crippen LogP contribution in [0.5, 0.6) is 0 Å². The molecule has 4 aromatic carbocycles. The van der Waals surface area contributed by atoms with Crippen LogP contribution in [0.3, 0.4) is 0 Å². The van der Waals surface area contributed by atoms with Crippen molar-refractivity contribution in [2.45, 2.75) is 169 Å². The van der Waals surface area contributed by atoms with E-state index in [1.165, 1.54) is 10.5 Å². The summed E-state index contributed by atoms with van der Waals surface area (Å²) < 4.78 is 0. The maximum atomic E-state index is 15.5. The molecule has 7 rings (SSSR count). The van der Waals surface area contributed by atoms with Gasteiger partial charge in [0.25, 0.3) is 5.91 Å². The lowest BCUT2D eigenvalue weighted by molar-refractivity contribution is -0.152. The van der Waals surface area contributed by atoms with Gasteiger partial charge in [-0.1, -0.05) is 146 Å². The lowest BCUT2D eigenvalue weighted by Crippen LogP contribution is -2.61. The van der Waals surface area contributed by atoms with Gasteiger partial charge in [0.05, 0.1) is 18.1 Å². The van der Waals surface area contributed by atoms with Crippen molar-refractivity contribution in [3.8, 4) is 0 Å². The Hall–Kier alpha value is -6.58. The Kier molecular flexibility index (Phi) is 19.0. The number of nitrogens with one attached hydrogen (secondary N) is 5. The highest BCUT2D eigenvalue weighted by Crippen LogP contribution is 2.35. The van der Waals surface area contributed by atoms with Gasteiger partial charge in [0.2, 0.25) is 35.4 Å². The number of likely N-dealkylation sites (tertiary alicyclic amines) is 1. The summed E-state index contributed by atoms with van der Waals surface area (Å²) in [4.78, 5) is 106. The molecule has 78 heavy (non-hydrogen) atoms. The van der Waals surface area contributed by atoms with E-state index in [1.54, 1.807) is 54.1 Å². The zero-order chi connectivity index (χ0) is 56.8. The number of aryl methyl sites for hydroxylation is 1. The Morgan fingerprint density at radius 2 is 1.29 bits per heavy atom. The second-order valence-corrected chi connectivity index (χ2v) is 24.2. The van der Waals surface area contributed by atoms with Crippen LogP contribution in [0.25, 0.3) is 0 Å². The monoisotopic (exact) mass is 1080 g/mol. The first-order valence-electron chi connectivity index (χ1n) is 27.7. The van der Waals surface area contributed by atoms with Crippen molar-refractivity contribution >= 4 is 53.0 Å². The van der Waals surface area contributed by atoms with Gasteiger partial charge in [-0.2, -0.15) is 0 Å². The molecule has 1 aliphatic carbocycles. The minimum atomic E-state index is -0.972. The average Bonchev–Trinajstić information content (AvgIpc) is 3.91. The highest BCUT2D eigenvalue weighted by molar-refractivity contribution is 6.31. The van der Waals surface area contributed by atoms with Crippen LogP contribution in [0.2, 0.25) is 5.02 Å². The second-order valence-electron chi connectivity index (χ2n) is 23.8. The molecule has 0 unspecified atom stereocenters. The normalized spacial score (nSPS) is 20.2. The number of benzene rings is 4. The van der Waals surface area contributed by atoms with Crippen LogP contribution in [-0.2, 0) is 54.7 Å². The summed E-state index contributed by atoms with van der Waals surface area (Å²) in [6.45, 7) is 19.0. The Morgan fingerprint density at radius 3 is 1.92 bits per heavy atom. The Balaban J connectivity index is 1.15. The predicted octanol–water partition coefficient (Wildman–Crippen LogP) is 7.99. The largest absolute Gasteiger partial charge is 0.347 e. The molecular formula is C62H81ClN8O7. The van der Waals surface area contributed by atoms with E-state index < -0.39 is 64.9 Å². The number of carbonyl (C=O) groups is 7. The zero-order valence-electron chi connectivity index (χ0n) is 47.4. The van der Waals surface area contributed by atoms with E-state index in [2.05, 4.69) is 32.7 Å². The quantitative estimate of drug-likeness (QED) is 0.0704. The third-order valence-electron chi connectivity index (χ3n) is 16.1. The van der Waals surface area contributed by atoms with E-state index in [0.29, 0.717) is 28.1 Å². The Bertz CT molecular complexity index is 2840. The van der Waals surface area contributed by atoms with Crippen molar-refractivity contribution in [3.63, 3.8) is 0 Å². The maximum Gasteiger partial charge on any atom is 0.251 e. The van der Waals surface area contributed by atoms with Gasteiger partial charge < -0.3 is 41.3 Å². The third kappa shape index (κ3) is 13.6. The average molecular weight is 1090 g/mol. The molecule has 4 aromatic rings. The summed E-state index contributed by atoms with van der Waals surface area (Å²) in [6.07, 6.45) is 3.57. The number of rotatable bonds is 17. The van der Waals surface area contributed by atoms with Crippen molar-refractivity contribution in [1.82, 2.24) is 41.3 Å². The molecule has 15 nitrogen and oxygen atoms in total. The van der Waals surface area contributed by atoms with Crippen molar-refractivity contribution in [2.24, 2.45) is 16.7 Å². The SMILES string of the molecule is CC[C@@H](C)C(=O)N[C@H](C(=O)N1Cc2ccccc2C[C@H]1C(=O)N(Cc1ccc(C(=O)N[C@H]2C[C@@H](C(=O)N[C@@H]3CCCc4ccccc43)N(C(=O)[C@@H](NC(=O)[C@H](C)NC)C(C)(C)C)C2)cc1)[C@H](C)c1ccccc1Cl)C(C)(C)C. The van der Waals surface area contributed by atoms with Crippen molar-refractivity contribution in [2.75, 3.05) is 13.6 Å². The van der Waals surface area contributed by atoms with Gasteiger partial charge in [-0.25, -0.2) is 0 Å². The summed E-state index contributed by atoms with van der Waals surface area (Å²) in [6, 6.07) is 24.4. The zero-order valence-corrected chi connectivity index (χ0v) is 48.1. The summed E-state index contributed by atoms with van der Waals surface area (Å²) >= 11 is 6.84. The molecule has 0 bridgehead atoms. The van der Waals surface area contributed by atoms with Crippen LogP contribution in [0.1, 0.15) is 151 Å². The van der Waals surface area contributed by atoms with E-state index in [9.17, 15) is 24.0 Å². The molecule has 0 aromatic heterocycles. The third-order valence-corrected chi connectivity index (χ3v) is 16.4. The van der Waals surface area contributed by atoms with E-state index in [1.807, 2.05) is 123 Å². The highest BCUT2D eigenvalue weighted by atomic mass is 35.5. The number of hydrogen-bond donors (Lipinski definition) is 5. The first-order valence-corrected chi connectivity index (χ1v) is 28.1. The molecule has 418 valence electrons. The van der Waals surface area contributed by atoms with Gasteiger partial charge in [-0.3, -0.25) is 33.6 Å². The van der Waals surface area contributed by atoms with Crippen LogP contribution in [0, 0.1) is 16.7 Å². The molecule has 1 fully saturated rings. The van der Waals surface area contributed by atoms with Gasteiger partial charge in [0.15, 0.2) is 0 Å². The van der Waals surface area contributed by atoms with Crippen LogP contribution >= 0.6 is 11.6 Å². The molecule has 3 aliphatic rings. The number of hydrogen-bond acceptors (Lipinski definition) is 8. The van der Waals surface area contributed by atoms with Gasteiger partial charge in [-0.15, -0.1) is 0 Å². The first-order chi connectivity index (χ1) is 36.9. The van der Waals surface area contributed by atoms with Crippen LogP contribution in [0.4, 0.5) is 0 Å². The van der Waals surface area contributed by atoms with E-state index in [4.69, 9.17) is 11.6 Å². The smallest absolute Gasteiger partial charge is 0.251 e. The number of nitrogens with zero attached hydrogens (tertiary/aromatic N) is 3. The molecule has 2 heterocycles. The van der Waals surface area contributed by atoms with Gasteiger partial charge in [0, 0.05) is 48.6 Å². The molecule has 7 amide bonds. The fourth-order valence-corrected chi connectivity index (χ4v) is 11.2. The topological polar surface area (TPSA) is 189 Å². The molecule has 9 atom stereocenters. The summed E-state index contributed by atoms with van der Waals surface area (Å²) in [7, 11) is 1.67. The Morgan fingerprint density at radius 1 is 0.705 bits per heavy atom. The van der Waals surface area contributed by atoms with Crippen LogP contribution < -0.4 is 26.6 Å². The summed E-state index contributed by atoms with van der Waals surface area (Å²) in [5.41, 5.74) is 4.46. The minimum Gasteiger partial charge on any atom is -0.347 e. The second kappa shape index (κ2) is 25.0. The summed E-state index contributed by atoms with van der Waals surface area (Å²) in [5, 5.41) is 15.8. The number of fused-ring (bicyclic) bond motifs is 2. The maximum absolute atomic E-state index is 15.5. The van der Waals surface area contributed by atoms with Crippen molar-refractivity contribution in [3.05, 3.63) is 141 Å². The molecule has 2 aliphatic heterocycles. The standard InChI is InChI=1S/C62H81ClN8O7/c1-12-37(2)54(72)67-52(61(5,6)7)59(77)70-35-44-22-14-13-21-43(44)32-51(70)58(76)69(39(4)46-24-17-18-26-48(46)63)34-40-28-30-42(31-29-40)56(74)65-45-33-50(57(75)66-49-27-19-23-41-20-15-16-25-47(41)49)71(36-45)60(78)53(62(8,9)10)68-55(73)38(3)64-11/h13-18,20-22,24-26,28-31,37-39,45,49-53,64H,12,19,23,27,32-36H2,1-11H3,(H,65,74)(H,66,75)(H,67,72)(H,68,73)/t37-,38+,39-,45+,49-,50+,51+,52-,53-/m1/s1. The van der Waals surface area contributed by atoms with Crippen molar-refractivity contribution < 1.29 is 33.6 Å². The fraction of sp³-hybridized carbons (Fsp3) is 0.500. The fourth-order valence-electron chi connectivity index (χ4n) is 10.9. The lowest BCUT2D eigenvalue weighted by atomic mass is 9.83. The van der Waals surface area contributed by atoms with E-state index >= 15 is 9.59 Å². The van der Waals surface area contributed by atoms with E-state index in [-0.39, 0.29) is 74.0 Å². The molecule has 16 heteroatoms. The molecule has 0 saturated carbocycles. The number of likely N-dealkylation sites (N-methyl/N-ethyl adjacent to an activating group) is 1. The highest BCUT2D eigenvalue weighted by Gasteiger charge is 2.47. The molecular weight excluding hydrogens is 1000 g/mol. The van der Waals surface area contributed by atoms with Gasteiger partial charge in [0.1, 0.15) is 24.2 Å². The minimum absolute atomic E-state index is 0.0366. The predicted molar refractivity (Wildman–Crippen MR) is 304 cm³/mol. The molecule has 5 N–H and O–H groups in total. The van der Waals surface area contributed by atoms with Crippen LogP contribution in [0.15, 0.2) is 97.1 Å². The van der Waals surface area contributed by atoms with Crippen LogP contribution in [-0.4, -0.2) is 106 Å². The van der Waals surface area contributed by atoms with E-state index in [0.717, 1.165) is 36.0 Å². The molecule has 0 spiro atoms. The Labute approximate surface area is 466 Å². The van der Waals surface area contributed by atoms with Crippen molar-refractivity contribution in [1.29, 1.82) is 0 Å². The number of carbonyl (C=O) groups excluding carboxylic acids is 7. The first kappa shape index (κ1) is 59.1. The molecule has 1 saturated heterocycles.